The van der Waals surface area contributed by atoms with Crippen molar-refractivity contribution in [3.05, 3.63) is 29.9 Å². The minimum Gasteiger partial charge on any atom is -0.337 e. The fourth-order valence-corrected chi connectivity index (χ4v) is 1.49. The molecule has 1 atom stereocenters. The lowest BCUT2D eigenvalue weighted by Gasteiger charge is -2.09. The summed E-state index contributed by atoms with van der Waals surface area (Å²) in [4.78, 5) is 8.36. The normalized spacial score (nSPS) is 13.0. The summed E-state index contributed by atoms with van der Waals surface area (Å²) in [5.74, 6) is 1.31. The lowest BCUT2D eigenvalue weighted by atomic mass is 10.1. The van der Waals surface area contributed by atoms with Crippen LogP contribution >= 0.6 is 0 Å². The van der Waals surface area contributed by atoms with E-state index in [1.165, 1.54) is 0 Å². The van der Waals surface area contributed by atoms with Crippen LogP contribution in [0.1, 0.15) is 31.3 Å². The maximum absolute atomic E-state index is 5.96. The molecule has 17 heavy (non-hydrogen) atoms. The second-order valence-corrected chi connectivity index (χ2v) is 4.42. The Bertz CT molecular complexity index is 507. The number of nitrogens with two attached hydrogens (primary N) is 1. The number of aryl methyl sites for hydroxylation is 1. The third-order valence-corrected chi connectivity index (χ3v) is 2.71. The first-order valence-electron chi connectivity index (χ1n) is 5.59. The van der Waals surface area contributed by atoms with Crippen molar-refractivity contribution in [2.45, 2.75) is 26.8 Å². The summed E-state index contributed by atoms with van der Waals surface area (Å²) in [6.07, 6.45) is 3.48. The van der Waals surface area contributed by atoms with Crippen molar-refractivity contribution in [2.24, 2.45) is 11.7 Å². The third-order valence-electron chi connectivity index (χ3n) is 2.71. The van der Waals surface area contributed by atoms with Gasteiger partial charge in [-0.2, -0.15) is 4.98 Å². The van der Waals surface area contributed by atoms with E-state index in [9.17, 15) is 0 Å². The molecule has 0 aromatic carbocycles. The van der Waals surface area contributed by atoms with Crippen LogP contribution in [0, 0.1) is 12.8 Å². The van der Waals surface area contributed by atoms with Crippen LogP contribution in [0.3, 0.4) is 0 Å². The maximum atomic E-state index is 5.96. The van der Waals surface area contributed by atoms with Gasteiger partial charge < -0.3 is 10.3 Å². The highest BCUT2D eigenvalue weighted by atomic mass is 16.5. The summed E-state index contributed by atoms with van der Waals surface area (Å²) in [5.41, 5.74) is 7.89. The van der Waals surface area contributed by atoms with E-state index in [4.69, 9.17) is 10.3 Å². The Morgan fingerprint density at radius 3 is 2.76 bits per heavy atom. The molecule has 0 radical (unpaired) electrons. The number of aromatic nitrogens is 3. The summed E-state index contributed by atoms with van der Waals surface area (Å²) in [5, 5.41) is 3.96. The Kier molecular flexibility index (Phi) is 3.19. The molecule has 2 aromatic heterocycles. The summed E-state index contributed by atoms with van der Waals surface area (Å²) in [7, 11) is 0. The molecule has 0 aliphatic carbocycles. The number of hydrogen-bond acceptors (Lipinski definition) is 5. The molecule has 5 nitrogen and oxygen atoms in total. The van der Waals surface area contributed by atoms with Crippen molar-refractivity contribution in [3.63, 3.8) is 0 Å². The second kappa shape index (κ2) is 4.63. The number of rotatable bonds is 3. The van der Waals surface area contributed by atoms with Crippen LogP contribution in [0.25, 0.3) is 11.4 Å². The van der Waals surface area contributed by atoms with Crippen LogP contribution in [0.15, 0.2) is 23.0 Å². The molecule has 0 aliphatic heterocycles. The van der Waals surface area contributed by atoms with Crippen molar-refractivity contribution in [1.82, 2.24) is 15.1 Å². The zero-order valence-electron chi connectivity index (χ0n) is 10.2. The van der Waals surface area contributed by atoms with Crippen LogP contribution in [0.2, 0.25) is 0 Å². The van der Waals surface area contributed by atoms with Crippen LogP contribution in [-0.4, -0.2) is 15.1 Å². The van der Waals surface area contributed by atoms with E-state index in [0.717, 1.165) is 11.1 Å². The molecular formula is C12H16N4O. The van der Waals surface area contributed by atoms with Crippen molar-refractivity contribution < 1.29 is 4.52 Å². The van der Waals surface area contributed by atoms with Crippen LogP contribution in [0.4, 0.5) is 0 Å². The largest absolute Gasteiger partial charge is 0.337 e. The van der Waals surface area contributed by atoms with Gasteiger partial charge in [0.25, 0.3) is 0 Å². The van der Waals surface area contributed by atoms with Gasteiger partial charge in [-0.25, -0.2) is 0 Å². The molecule has 0 unspecified atom stereocenters. The van der Waals surface area contributed by atoms with E-state index in [1.807, 2.05) is 26.8 Å². The molecule has 0 amide bonds. The average molecular weight is 232 g/mol. The van der Waals surface area contributed by atoms with Gasteiger partial charge >= 0.3 is 0 Å². The van der Waals surface area contributed by atoms with Gasteiger partial charge in [0.15, 0.2) is 0 Å². The van der Waals surface area contributed by atoms with Crippen molar-refractivity contribution in [1.29, 1.82) is 0 Å². The van der Waals surface area contributed by atoms with Gasteiger partial charge in [0.2, 0.25) is 11.7 Å². The highest BCUT2D eigenvalue weighted by molar-refractivity contribution is 5.57. The predicted octanol–water partition coefficient (Wildman–Crippen LogP) is 2.10. The zero-order valence-corrected chi connectivity index (χ0v) is 10.2. The van der Waals surface area contributed by atoms with Crippen molar-refractivity contribution >= 4 is 0 Å². The topological polar surface area (TPSA) is 77.8 Å². The second-order valence-electron chi connectivity index (χ2n) is 4.42. The van der Waals surface area contributed by atoms with E-state index in [1.54, 1.807) is 12.4 Å². The standard InChI is InChI=1S/C12H16N4O/c1-7(2)10(13)12-15-11(16-17-12)9-4-5-14-6-8(9)3/h4-7,10H,13H2,1-3H3/t10-/m1/s1. The molecule has 2 rings (SSSR count). The Labute approximate surface area is 100 Å². The fraction of sp³-hybridized carbons (Fsp3) is 0.417. The quantitative estimate of drug-likeness (QED) is 0.876. The number of pyridine rings is 1. The van der Waals surface area contributed by atoms with Gasteiger partial charge in [0, 0.05) is 18.0 Å². The Morgan fingerprint density at radius 2 is 2.12 bits per heavy atom. The van der Waals surface area contributed by atoms with Gasteiger partial charge in [-0.3, -0.25) is 4.98 Å². The lowest BCUT2D eigenvalue weighted by Crippen LogP contribution is -2.16. The summed E-state index contributed by atoms with van der Waals surface area (Å²) >= 11 is 0. The summed E-state index contributed by atoms with van der Waals surface area (Å²) in [6, 6.07) is 1.64. The van der Waals surface area contributed by atoms with Gasteiger partial charge in [0.05, 0.1) is 6.04 Å². The fourth-order valence-electron chi connectivity index (χ4n) is 1.49. The third kappa shape index (κ3) is 2.34. The molecule has 0 aliphatic rings. The minimum absolute atomic E-state index is 0.224. The molecule has 2 heterocycles. The van der Waals surface area contributed by atoms with Gasteiger partial charge in [-0.15, -0.1) is 0 Å². The van der Waals surface area contributed by atoms with E-state index in [0.29, 0.717) is 11.7 Å². The highest BCUT2D eigenvalue weighted by Crippen LogP contribution is 2.22. The predicted molar refractivity (Wildman–Crippen MR) is 64.0 cm³/mol. The summed E-state index contributed by atoms with van der Waals surface area (Å²) < 4.78 is 5.19. The van der Waals surface area contributed by atoms with Gasteiger partial charge in [-0.1, -0.05) is 19.0 Å². The molecular weight excluding hydrogens is 216 g/mol. The summed E-state index contributed by atoms with van der Waals surface area (Å²) in [6.45, 7) is 6.00. The Hall–Kier alpha value is -1.75. The molecule has 0 saturated heterocycles. The van der Waals surface area contributed by atoms with E-state index in [-0.39, 0.29) is 12.0 Å². The number of nitrogens with zero attached hydrogens (tertiary/aromatic N) is 3. The highest BCUT2D eigenvalue weighted by Gasteiger charge is 2.19. The average Bonchev–Trinajstić information content (AvgIpc) is 2.77. The molecule has 2 N–H and O–H groups in total. The molecule has 5 heteroatoms. The van der Waals surface area contributed by atoms with E-state index >= 15 is 0 Å². The van der Waals surface area contributed by atoms with Crippen LogP contribution in [-0.2, 0) is 0 Å². The first kappa shape index (κ1) is 11.7. The Morgan fingerprint density at radius 1 is 1.35 bits per heavy atom. The first-order chi connectivity index (χ1) is 8.09. The number of hydrogen-bond donors (Lipinski definition) is 1. The van der Waals surface area contributed by atoms with Crippen molar-refractivity contribution in [2.75, 3.05) is 0 Å². The molecule has 0 saturated carbocycles. The monoisotopic (exact) mass is 232 g/mol. The van der Waals surface area contributed by atoms with Crippen LogP contribution in [0.5, 0.6) is 0 Å². The molecule has 0 bridgehead atoms. The zero-order chi connectivity index (χ0) is 12.4. The maximum Gasteiger partial charge on any atom is 0.244 e. The molecule has 0 fully saturated rings. The van der Waals surface area contributed by atoms with Gasteiger partial charge in [-0.05, 0) is 24.5 Å². The van der Waals surface area contributed by atoms with Crippen LogP contribution < -0.4 is 5.73 Å². The first-order valence-corrected chi connectivity index (χ1v) is 5.59. The lowest BCUT2D eigenvalue weighted by molar-refractivity contribution is 0.325. The molecule has 0 spiro atoms. The Balaban J connectivity index is 2.34. The van der Waals surface area contributed by atoms with E-state index in [2.05, 4.69) is 15.1 Å². The van der Waals surface area contributed by atoms with Gasteiger partial charge in [0.1, 0.15) is 0 Å². The molecule has 90 valence electrons. The SMILES string of the molecule is Cc1cnccc1-c1noc([C@H](N)C(C)C)n1. The van der Waals surface area contributed by atoms with Crippen molar-refractivity contribution in [3.8, 4) is 11.4 Å². The van der Waals surface area contributed by atoms with E-state index < -0.39 is 0 Å². The molecule has 2 aromatic rings. The minimum atomic E-state index is -0.224. The smallest absolute Gasteiger partial charge is 0.244 e.